The van der Waals surface area contributed by atoms with E-state index in [9.17, 15) is 4.79 Å². The Balaban J connectivity index is 2.60. The van der Waals surface area contributed by atoms with Crippen LogP contribution in [0.1, 0.15) is 21.5 Å². The first kappa shape index (κ1) is 12.1. The van der Waals surface area contributed by atoms with Crippen LogP contribution in [0.2, 0.25) is 0 Å². The molecule has 0 fully saturated rings. The zero-order valence-corrected chi connectivity index (χ0v) is 11.4. The zero-order chi connectivity index (χ0) is 12.4. The van der Waals surface area contributed by atoms with Gasteiger partial charge in [-0.25, -0.2) is 0 Å². The van der Waals surface area contributed by atoms with Gasteiger partial charge in [0.15, 0.2) is 0 Å². The van der Waals surface area contributed by atoms with E-state index < -0.39 is 0 Å². The van der Waals surface area contributed by atoms with Gasteiger partial charge in [0, 0.05) is 10.0 Å². The smallest absolute Gasteiger partial charge is 0.150 e. The SMILES string of the molecule is Cc1c(Br)ccc(-c2cccc(C=O)c2)c1C. The Hall–Kier alpha value is -1.41. The lowest BCUT2D eigenvalue weighted by Crippen LogP contribution is -1.89. The van der Waals surface area contributed by atoms with E-state index in [1.165, 1.54) is 16.7 Å². The molecule has 0 saturated heterocycles. The first-order chi connectivity index (χ1) is 8.13. The summed E-state index contributed by atoms with van der Waals surface area (Å²) < 4.78 is 1.12. The summed E-state index contributed by atoms with van der Waals surface area (Å²) in [7, 11) is 0. The van der Waals surface area contributed by atoms with E-state index in [-0.39, 0.29) is 0 Å². The Labute approximate surface area is 110 Å². The number of hydrogen-bond donors (Lipinski definition) is 0. The second-order valence-corrected chi connectivity index (χ2v) is 4.94. The topological polar surface area (TPSA) is 17.1 Å². The normalized spacial score (nSPS) is 10.3. The average Bonchev–Trinajstić information content (AvgIpc) is 2.36. The number of halogens is 1. The van der Waals surface area contributed by atoms with Crippen molar-refractivity contribution in [3.8, 4) is 11.1 Å². The highest BCUT2D eigenvalue weighted by Gasteiger charge is 2.06. The molecule has 2 aromatic carbocycles. The number of rotatable bonds is 2. The molecule has 86 valence electrons. The van der Waals surface area contributed by atoms with Crippen LogP contribution < -0.4 is 0 Å². The van der Waals surface area contributed by atoms with Crippen molar-refractivity contribution < 1.29 is 4.79 Å². The molecule has 2 aromatic rings. The third-order valence-corrected chi connectivity index (χ3v) is 3.91. The molecule has 0 saturated carbocycles. The summed E-state index contributed by atoms with van der Waals surface area (Å²) in [6.45, 7) is 4.19. The summed E-state index contributed by atoms with van der Waals surface area (Å²) in [5, 5.41) is 0. The number of carbonyl (C=O) groups excluding carboxylic acids is 1. The van der Waals surface area contributed by atoms with Crippen molar-refractivity contribution in [1.82, 2.24) is 0 Å². The number of aldehydes is 1. The second-order valence-electron chi connectivity index (χ2n) is 4.09. The largest absolute Gasteiger partial charge is 0.298 e. The summed E-state index contributed by atoms with van der Waals surface area (Å²) in [4.78, 5) is 10.8. The molecule has 0 spiro atoms. The fraction of sp³-hybridized carbons (Fsp3) is 0.133. The Morgan fingerprint density at radius 1 is 1.06 bits per heavy atom. The minimum absolute atomic E-state index is 0.711. The molecular formula is C15H13BrO. The van der Waals surface area contributed by atoms with E-state index in [2.05, 4.69) is 35.8 Å². The highest BCUT2D eigenvalue weighted by molar-refractivity contribution is 9.10. The van der Waals surface area contributed by atoms with Crippen LogP contribution in [0.4, 0.5) is 0 Å². The summed E-state index contributed by atoms with van der Waals surface area (Å²) in [6.07, 6.45) is 0.880. The minimum Gasteiger partial charge on any atom is -0.298 e. The molecule has 0 N–H and O–H groups in total. The predicted octanol–water partition coefficient (Wildman–Crippen LogP) is 4.55. The molecule has 0 aromatic heterocycles. The van der Waals surface area contributed by atoms with Crippen LogP contribution in [-0.2, 0) is 0 Å². The first-order valence-electron chi connectivity index (χ1n) is 5.45. The first-order valence-corrected chi connectivity index (χ1v) is 6.24. The standard InChI is InChI=1S/C15H13BrO/c1-10-11(2)15(16)7-6-14(10)13-5-3-4-12(8-13)9-17/h3-9H,1-2H3. The molecule has 1 nitrogen and oxygen atoms in total. The summed E-state index contributed by atoms with van der Waals surface area (Å²) >= 11 is 3.52. The monoisotopic (exact) mass is 288 g/mol. The van der Waals surface area contributed by atoms with Crippen LogP contribution in [0.5, 0.6) is 0 Å². The van der Waals surface area contributed by atoms with Crippen LogP contribution in [0.15, 0.2) is 40.9 Å². The molecule has 0 aliphatic rings. The lowest BCUT2D eigenvalue weighted by molar-refractivity contribution is 0.112. The van der Waals surface area contributed by atoms with Gasteiger partial charge in [-0.05, 0) is 48.2 Å². The van der Waals surface area contributed by atoms with Crippen molar-refractivity contribution in [2.45, 2.75) is 13.8 Å². The second kappa shape index (κ2) is 4.84. The van der Waals surface area contributed by atoms with Gasteiger partial charge in [-0.1, -0.05) is 40.2 Å². The van der Waals surface area contributed by atoms with Gasteiger partial charge < -0.3 is 0 Å². The molecule has 0 unspecified atom stereocenters. The van der Waals surface area contributed by atoms with E-state index in [0.717, 1.165) is 16.3 Å². The van der Waals surface area contributed by atoms with Crippen molar-refractivity contribution >= 4 is 22.2 Å². The molecule has 0 aliphatic carbocycles. The van der Waals surface area contributed by atoms with E-state index in [1.807, 2.05) is 30.3 Å². The molecule has 2 rings (SSSR count). The third kappa shape index (κ3) is 2.32. The number of benzene rings is 2. The van der Waals surface area contributed by atoms with Crippen molar-refractivity contribution in [2.75, 3.05) is 0 Å². The highest BCUT2D eigenvalue weighted by Crippen LogP contribution is 2.30. The molecule has 0 aliphatic heterocycles. The van der Waals surface area contributed by atoms with Crippen molar-refractivity contribution in [3.63, 3.8) is 0 Å². The van der Waals surface area contributed by atoms with Crippen LogP contribution in [-0.4, -0.2) is 6.29 Å². The average molecular weight is 289 g/mol. The third-order valence-electron chi connectivity index (χ3n) is 3.05. The fourth-order valence-electron chi connectivity index (χ4n) is 1.88. The summed E-state index contributed by atoms with van der Waals surface area (Å²) in [5.74, 6) is 0. The van der Waals surface area contributed by atoms with Crippen LogP contribution >= 0.6 is 15.9 Å². The number of hydrogen-bond acceptors (Lipinski definition) is 1. The Kier molecular flexibility index (Phi) is 3.43. The maximum absolute atomic E-state index is 10.8. The van der Waals surface area contributed by atoms with E-state index in [1.54, 1.807) is 0 Å². The van der Waals surface area contributed by atoms with Crippen molar-refractivity contribution in [2.24, 2.45) is 0 Å². The minimum atomic E-state index is 0.711. The lowest BCUT2D eigenvalue weighted by atomic mass is 9.96. The van der Waals surface area contributed by atoms with Crippen LogP contribution in [0.25, 0.3) is 11.1 Å². The molecule has 0 heterocycles. The van der Waals surface area contributed by atoms with Gasteiger partial charge in [0.25, 0.3) is 0 Å². The molecule has 0 radical (unpaired) electrons. The molecule has 2 heteroatoms. The van der Waals surface area contributed by atoms with E-state index >= 15 is 0 Å². The van der Waals surface area contributed by atoms with Gasteiger partial charge in [-0.15, -0.1) is 0 Å². The van der Waals surface area contributed by atoms with E-state index in [4.69, 9.17) is 0 Å². The molecule has 17 heavy (non-hydrogen) atoms. The van der Waals surface area contributed by atoms with Gasteiger partial charge in [-0.2, -0.15) is 0 Å². The van der Waals surface area contributed by atoms with Gasteiger partial charge in [0.05, 0.1) is 0 Å². The van der Waals surface area contributed by atoms with Gasteiger partial charge >= 0.3 is 0 Å². The highest BCUT2D eigenvalue weighted by atomic mass is 79.9. The summed E-state index contributed by atoms with van der Waals surface area (Å²) in [5.41, 5.74) is 5.45. The Morgan fingerprint density at radius 2 is 1.82 bits per heavy atom. The molecule has 0 amide bonds. The maximum atomic E-state index is 10.8. The van der Waals surface area contributed by atoms with E-state index in [0.29, 0.717) is 5.56 Å². The molecular weight excluding hydrogens is 276 g/mol. The zero-order valence-electron chi connectivity index (χ0n) is 9.83. The lowest BCUT2D eigenvalue weighted by Gasteiger charge is -2.11. The molecule has 0 bridgehead atoms. The number of carbonyl (C=O) groups is 1. The van der Waals surface area contributed by atoms with Gasteiger partial charge in [-0.3, -0.25) is 4.79 Å². The quantitative estimate of drug-likeness (QED) is 0.741. The van der Waals surface area contributed by atoms with Crippen molar-refractivity contribution in [1.29, 1.82) is 0 Å². The maximum Gasteiger partial charge on any atom is 0.150 e. The van der Waals surface area contributed by atoms with Crippen LogP contribution in [0, 0.1) is 13.8 Å². The Morgan fingerprint density at radius 3 is 2.53 bits per heavy atom. The van der Waals surface area contributed by atoms with Crippen LogP contribution in [0.3, 0.4) is 0 Å². The predicted molar refractivity (Wildman–Crippen MR) is 74.4 cm³/mol. The van der Waals surface area contributed by atoms with Gasteiger partial charge in [0.2, 0.25) is 0 Å². The summed E-state index contributed by atoms with van der Waals surface area (Å²) in [6, 6.07) is 11.8. The Bertz CT molecular complexity index is 573. The van der Waals surface area contributed by atoms with Crippen molar-refractivity contribution in [3.05, 3.63) is 57.6 Å². The molecule has 0 atom stereocenters. The van der Waals surface area contributed by atoms with Gasteiger partial charge in [0.1, 0.15) is 6.29 Å². The fourth-order valence-corrected chi connectivity index (χ4v) is 2.31.